The van der Waals surface area contributed by atoms with Crippen LogP contribution in [0.4, 0.5) is 0 Å². The molecule has 0 aliphatic heterocycles. The molecule has 0 fully saturated rings. The van der Waals surface area contributed by atoms with Gasteiger partial charge >= 0.3 is 0 Å². The van der Waals surface area contributed by atoms with Crippen molar-refractivity contribution in [3.05, 3.63) is 187 Å². The lowest BCUT2D eigenvalue weighted by Crippen LogP contribution is -2.00. The summed E-state index contributed by atoms with van der Waals surface area (Å²) in [6.07, 6.45) is 0. The van der Waals surface area contributed by atoms with E-state index in [2.05, 4.69) is 159 Å². The highest BCUT2D eigenvalue weighted by Gasteiger charge is 2.22. The normalized spacial score (nSPS) is 11.6. The van der Waals surface area contributed by atoms with Gasteiger partial charge in [-0.15, -0.1) is 0 Å². The van der Waals surface area contributed by atoms with Gasteiger partial charge in [0.05, 0.1) is 67.7 Å². The summed E-state index contributed by atoms with van der Waals surface area (Å²) in [6.45, 7) is 0. The maximum Gasteiger partial charge on any atom is 0.0998 e. The fourth-order valence-corrected chi connectivity index (χ4v) is 8.84. The first-order chi connectivity index (χ1) is 27.2. The number of aromatic nitrogens is 3. The minimum absolute atomic E-state index is 0.580. The molecule has 254 valence electrons. The summed E-state index contributed by atoms with van der Waals surface area (Å²) >= 11 is 0. The summed E-state index contributed by atoms with van der Waals surface area (Å²) in [5, 5.41) is 27.3. The van der Waals surface area contributed by atoms with Gasteiger partial charge in [0, 0.05) is 49.1 Å². The van der Waals surface area contributed by atoms with Crippen molar-refractivity contribution in [3.63, 3.8) is 0 Å². The van der Waals surface area contributed by atoms with E-state index in [1.165, 1.54) is 27.2 Å². The maximum absolute atomic E-state index is 10.8. The molecule has 3 heterocycles. The Bertz CT molecular complexity index is 3420. The van der Waals surface area contributed by atoms with E-state index < -0.39 is 0 Å². The Kier molecular flexibility index (Phi) is 6.61. The van der Waals surface area contributed by atoms with E-state index in [1.807, 2.05) is 42.5 Å². The van der Waals surface area contributed by atoms with Crippen LogP contribution in [0, 0.1) is 22.7 Å². The van der Waals surface area contributed by atoms with Crippen LogP contribution in [0.2, 0.25) is 0 Å². The van der Waals surface area contributed by atoms with Gasteiger partial charge in [0.15, 0.2) is 0 Å². The summed E-state index contributed by atoms with van der Waals surface area (Å²) in [6, 6.07) is 65.9. The number of rotatable bonds is 4. The molecule has 5 heteroatoms. The van der Waals surface area contributed by atoms with Gasteiger partial charge in [-0.1, -0.05) is 103 Å². The van der Waals surface area contributed by atoms with E-state index in [4.69, 9.17) is 0 Å². The molecule has 8 aromatic carbocycles. The van der Waals surface area contributed by atoms with Crippen molar-refractivity contribution >= 4 is 65.4 Å². The van der Waals surface area contributed by atoms with Crippen molar-refractivity contribution in [2.24, 2.45) is 0 Å². The molecule has 0 atom stereocenters. The minimum atomic E-state index is 0.580. The van der Waals surface area contributed by atoms with Crippen LogP contribution in [0.1, 0.15) is 11.1 Å². The third-order valence-electron chi connectivity index (χ3n) is 11.1. The lowest BCUT2D eigenvalue weighted by Gasteiger charge is -2.16. The molecule has 0 aliphatic carbocycles. The van der Waals surface area contributed by atoms with Crippen LogP contribution in [0.25, 0.3) is 93.6 Å². The summed E-state index contributed by atoms with van der Waals surface area (Å²) in [5.74, 6) is 0. The second kappa shape index (κ2) is 11.8. The first kappa shape index (κ1) is 30.7. The zero-order valence-corrected chi connectivity index (χ0v) is 29.5. The third-order valence-corrected chi connectivity index (χ3v) is 11.1. The topological polar surface area (TPSA) is 62.4 Å². The van der Waals surface area contributed by atoms with E-state index in [-0.39, 0.29) is 0 Å². The van der Waals surface area contributed by atoms with Crippen LogP contribution >= 0.6 is 0 Å². The Morgan fingerprint density at radius 2 is 0.873 bits per heavy atom. The first-order valence-electron chi connectivity index (χ1n) is 18.3. The molecular weight excluding hydrogens is 671 g/mol. The number of para-hydroxylation sites is 5. The lowest BCUT2D eigenvalue weighted by molar-refractivity contribution is 1.16. The fourth-order valence-electron chi connectivity index (χ4n) is 8.84. The van der Waals surface area contributed by atoms with E-state index in [1.54, 1.807) is 0 Å². The molecule has 0 unspecified atom stereocenters. The van der Waals surface area contributed by atoms with E-state index in [0.29, 0.717) is 11.1 Å². The molecule has 0 amide bonds. The Morgan fingerprint density at radius 3 is 1.56 bits per heavy atom. The Labute approximate surface area is 316 Å². The lowest BCUT2D eigenvalue weighted by atomic mass is 9.97. The molecule has 0 spiro atoms. The minimum Gasteiger partial charge on any atom is -0.309 e. The fraction of sp³-hybridized carbons (Fsp3) is 0. The molecule has 11 aromatic rings. The van der Waals surface area contributed by atoms with E-state index >= 15 is 0 Å². The molecule has 0 N–H and O–H groups in total. The first-order valence-corrected chi connectivity index (χ1v) is 18.3. The quantitative estimate of drug-likeness (QED) is 0.184. The molecule has 0 saturated carbocycles. The van der Waals surface area contributed by atoms with Gasteiger partial charge in [-0.05, 0) is 72.8 Å². The average Bonchev–Trinajstić information content (AvgIpc) is 3.89. The standard InChI is InChI=1S/C50H29N5/c51-30-32-24-27-47-41(28-32)39-15-4-6-17-42(39)53(47)34-25-26-35(33(29-34)31-52)36-12-1-7-18-43(36)55-46-21-10-5-16-40(46)50-48(22-11-23-49(50)55)54-44-19-8-2-13-37(44)38-14-3-9-20-45(38)54/h1-29H. The summed E-state index contributed by atoms with van der Waals surface area (Å²) in [5.41, 5.74) is 12.6. The second-order valence-corrected chi connectivity index (χ2v) is 13.9. The molecule has 11 rings (SSSR count). The number of nitriles is 2. The van der Waals surface area contributed by atoms with Crippen molar-refractivity contribution in [3.8, 4) is 40.3 Å². The molecule has 0 radical (unpaired) electrons. The maximum atomic E-state index is 10.8. The smallest absolute Gasteiger partial charge is 0.0998 e. The summed E-state index contributed by atoms with van der Waals surface area (Å²) < 4.78 is 6.94. The van der Waals surface area contributed by atoms with Gasteiger partial charge < -0.3 is 13.7 Å². The number of fused-ring (bicyclic) bond motifs is 9. The molecule has 0 aliphatic rings. The Balaban J connectivity index is 1.14. The van der Waals surface area contributed by atoms with Crippen molar-refractivity contribution in [2.45, 2.75) is 0 Å². The van der Waals surface area contributed by atoms with Gasteiger partial charge in [-0.25, -0.2) is 0 Å². The van der Waals surface area contributed by atoms with Crippen LogP contribution in [0.5, 0.6) is 0 Å². The largest absolute Gasteiger partial charge is 0.309 e. The number of benzene rings is 8. The number of hydrogen-bond donors (Lipinski definition) is 0. The zero-order valence-electron chi connectivity index (χ0n) is 29.5. The Hall–Kier alpha value is -7.86. The van der Waals surface area contributed by atoms with Crippen LogP contribution < -0.4 is 0 Å². The number of hydrogen-bond acceptors (Lipinski definition) is 2. The molecule has 55 heavy (non-hydrogen) atoms. The van der Waals surface area contributed by atoms with Crippen molar-refractivity contribution in [2.75, 3.05) is 0 Å². The van der Waals surface area contributed by atoms with Gasteiger partial charge in [-0.2, -0.15) is 10.5 Å². The molecule has 3 aromatic heterocycles. The van der Waals surface area contributed by atoms with E-state index in [9.17, 15) is 10.5 Å². The van der Waals surface area contributed by atoms with Gasteiger partial charge in [0.1, 0.15) is 0 Å². The van der Waals surface area contributed by atoms with Crippen LogP contribution in [0.15, 0.2) is 176 Å². The predicted molar refractivity (Wildman–Crippen MR) is 224 cm³/mol. The SMILES string of the molecule is N#Cc1ccc2c(c1)c1ccccc1n2-c1ccc(-c2ccccc2-n2c3ccccc3c3c(-n4c5ccccc5c5ccccc54)cccc32)c(C#N)c1. The van der Waals surface area contributed by atoms with Crippen molar-refractivity contribution < 1.29 is 0 Å². The molecule has 0 bridgehead atoms. The van der Waals surface area contributed by atoms with Crippen LogP contribution in [0.3, 0.4) is 0 Å². The predicted octanol–water partition coefficient (Wildman–Crippen LogP) is 12.4. The second-order valence-electron chi connectivity index (χ2n) is 13.9. The van der Waals surface area contributed by atoms with Crippen molar-refractivity contribution in [1.29, 1.82) is 10.5 Å². The highest BCUT2D eigenvalue weighted by Crippen LogP contribution is 2.42. The molecular formula is C50H29N5. The third kappa shape index (κ3) is 4.39. The average molecular weight is 700 g/mol. The van der Waals surface area contributed by atoms with Gasteiger partial charge in [0.2, 0.25) is 0 Å². The van der Waals surface area contributed by atoms with Crippen LogP contribution in [-0.2, 0) is 0 Å². The summed E-state index contributed by atoms with van der Waals surface area (Å²) in [4.78, 5) is 0. The van der Waals surface area contributed by atoms with E-state index in [0.717, 1.165) is 66.4 Å². The van der Waals surface area contributed by atoms with Gasteiger partial charge in [0.25, 0.3) is 0 Å². The molecule has 0 saturated heterocycles. The highest BCUT2D eigenvalue weighted by atomic mass is 15.0. The summed E-state index contributed by atoms with van der Waals surface area (Å²) in [7, 11) is 0. The molecule has 5 nitrogen and oxygen atoms in total. The van der Waals surface area contributed by atoms with Crippen molar-refractivity contribution in [1.82, 2.24) is 13.7 Å². The zero-order chi connectivity index (χ0) is 36.6. The highest BCUT2D eigenvalue weighted by molar-refractivity contribution is 6.17. The van der Waals surface area contributed by atoms with Crippen LogP contribution in [-0.4, -0.2) is 13.7 Å². The monoisotopic (exact) mass is 699 g/mol. The Morgan fingerprint density at radius 1 is 0.345 bits per heavy atom. The number of nitrogens with zero attached hydrogens (tertiary/aromatic N) is 5. The van der Waals surface area contributed by atoms with Gasteiger partial charge in [-0.3, -0.25) is 0 Å².